The molecule has 7 nitrogen and oxygen atoms in total. The molecule has 0 bridgehead atoms. The number of aromatic amines is 2. The summed E-state index contributed by atoms with van der Waals surface area (Å²) in [5.74, 6) is 0.565. The van der Waals surface area contributed by atoms with Crippen LogP contribution in [0.15, 0.2) is 24.4 Å². The number of amides is 1. The average molecular weight is 270 g/mol. The smallest absolute Gasteiger partial charge is 0.251 e. The van der Waals surface area contributed by atoms with E-state index in [0.29, 0.717) is 11.1 Å². The van der Waals surface area contributed by atoms with Crippen LogP contribution in [-0.4, -0.2) is 31.3 Å². The zero-order valence-electron chi connectivity index (χ0n) is 11.1. The number of nitrogens with one attached hydrogen (secondary N) is 3. The summed E-state index contributed by atoms with van der Waals surface area (Å²) >= 11 is 0. The Bertz CT molecular complexity index is 759. The van der Waals surface area contributed by atoms with Crippen molar-refractivity contribution in [2.75, 3.05) is 0 Å². The second-order valence-electron chi connectivity index (χ2n) is 4.67. The van der Waals surface area contributed by atoms with Crippen molar-refractivity contribution in [1.82, 2.24) is 30.7 Å². The first-order chi connectivity index (χ1) is 9.63. The van der Waals surface area contributed by atoms with Gasteiger partial charge in [-0.3, -0.25) is 4.79 Å². The lowest BCUT2D eigenvalue weighted by Crippen LogP contribution is -2.27. The van der Waals surface area contributed by atoms with Gasteiger partial charge >= 0.3 is 0 Å². The summed E-state index contributed by atoms with van der Waals surface area (Å²) in [6.45, 7) is 3.80. The number of benzene rings is 1. The molecular formula is C13H14N6O. The first-order valence-electron chi connectivity index (χ1n) is 6.26. The SMILES string of the molecule is Cc1cnc([C@H](C)NC(=O)c2ccc3n[nH]nc3c2)[nH]1. The number of nitrogens with zero attached hydrogens (tertiary/aromatic N) is 3. The lowest BCUT2D eigenvalue weighted by atomic mass is 10.1. The van der Waals surface area contributed by atoms with E-state index in [1.165, 1.54) is 0 Å². The second kappa shape index (κ2) is 4.76. The van der Waals surface area contributed by atoms with E-state index in [1.54, 1.807) is 24.4 Å². The van der Waals surface area contributed by atoms with Crippen LogP contribution in [-0.2, 0) is 0 Å². The number of rotatable bonds is 3. The molecule has 3 aromatic rings. The standard InChI is InChI=1S/C13H14N6O/c1-7-6-14-12(15-7)8(2)16-13(20)9-3-4-10-11(5-9)18-19-17-10/h3-6,8H,1-2H3,(H,14,15)(H,16,20)(H,17,18,19)/t8-/m0/s1. The van der Waals surface area contributed by atoms with Gasteiger partial charge < -0.3 is 10.3 Å². The largest absolute Gasteiger partial charge is 0.344 e. The molecule has 0 saturated heterocycles. The van der Waals surface area contributed by atoms with Crippen LogP contribution in [0.2, 0.25) is 0 Å². The Hall–Kier alpha value is -2.70. The maximum atomic E-state index is 12.2. The van der Waals surface area contributed by atoms with Crippen LogP contribution in [0.5, 0.6) is 0 Å². The molecule has 7 heteroatoms. The number of imidazole rings is 1. The Morgan fingerprint density at radius 1 is 1.30 bits per heavy atom. The Labute approximate surface area is 114 Å². The van der Waals surface area contributed by atoms with Gasteiger partial charge in [-0.2, -0.15) is 15.4 Å². The van der Waals surface area contributed by atoms with Crippen LogP contribution in [0.1, 0.15) is 34.8 Å². The molecule has 2 aromatic heterocycles. The summed E-state index contributed by atoms with van der Waals surface area (Å²) in [5, 5.41) is 13.3. The molecule has 1 atom stereocenters. The van der Waals surface area contributed by atoms with Gasteiger partial charge in [0.2, 0.25) is 0 Å². The molecule has 0 unspecified atom stereocenters. The average Bonchev–Trinajstić information content (AvgIpc) is 3.05. The number of H-pyrrole nitrogens is 2. The number of hydrogen-bond acceptors (Lipinski definition) is 4. The number of carbonyl (C=O) groups is 1. The van der Waals surface area contributed by atoms with Gasteiger partial charge in [-0.1, -0.05) is 0 Å². The van der Waals surface area contributed by atoms with E-state index in [9.17, 15) is 4.79 Å². The highest BCUT2D eigenvalue weighted by Gasteiger charge is 2.14. The predicted octanol–water partition coefficient (Wildman–Crippen LogP) is 1.48. The van der Waals surface area contributed by atoms with E-state index in [2.05, 4.69) is 30.7 Å². The molecular weight excluding hydrogens is 256 g/mol. The van der Waals surface area contributed by atoms with E-state index < -0.39 is 0 Å². The summed E-state index contributed by atoms with van der Waals surface area (Å²) in [7, 11) is 0. The maximum Gasteiger partial charge on any atom is 0.251 e. The highest BCUT2D eigenvalue weighted by molar-refractivity contribution is 5.97. The fraction of sp³-hybridized carbons (Fsp3) is 0.231. The van der Waals surface area contributed by atoms with Gasteiger partial charge in [-0.15, -0.1) is 0 Å². The van der Waals surface area contributed by atoms with Crippen molar-refractivity contribution in [3.05, 3.63) is 41.5 Å². The minimum absolute atomic E-state index is 0.170. The third-order valence-corrected chi connectivity index (χ3v) is 3.06. The molecule has 1 aromatic carbocycles. The Kier molecular flexibility index (Phi) is 2.94. The molecule has 102 valence electrons. The summed E-state index contributed by atoms with van der Waals surface area (Å²) in [4.78, 5) is 19.5. The van der Waals surface area contributed by atoms with Crippen LogP contribution >= 0.6 is 0 Å². The van der Waals surface area contributed by atoms with E-state index in [0.717, 1.165) is 17.0 Å². The summed E-state index contributed by atoms with van der Waals surface area (Å²) in [6.07, 6.45) is 1.74. The third-order valence-electron chi connectivity index (χ3n) is 3.06. The Morgan fingerprint density at radius 2 is 2.10 bits per heavy atom. The lowest BCUT2D eigenvalue weighted by Gasteiger charge is -2.11. The third kappa shape index (κ3) is 2.25. The van der Waals surface area contributed by atoms with Gasteiger partial charge in [0.1, 0.15) is 16.9 Å². The van der Waals surface area contributed by atoms with Gasteiger partial charge in [0.15, 0.2) is 0 Å². The quantitative estimate of drug-likeness (QED) is 0.671. The number of hydrogen-bond donors (Lipinski definition) is 3. The zero-order chi connectivity index (χ0) is 14.1. The Balaban J connectivity index is 1.78. The number of fused-ring (bicyclic) bond motifs is 1. The van der Waals surface area contributed by atoms with Crippen LogP contribution in [0.4, 0.5) is 0 Å². The minimum atomic E-state index is -0.191. The second-order valence-corrected chi connectivity index (χ2v) is 4.67. The van der Waals surface area contributed by atoms with Gasteiger partial charge in [-0.25, -0.2) is 4.98 Å². The molecule has 20 heavy (non-hydrogen) atoms. The Morgan fingerprint density at radius 3 is 2.85 bits per heavy atom. The van der Waals surface area contributed by atoms with E-state index >= 15 is 0 Å². The molecule has 0 aliphatic carbocycles. The number of aromatic nitrogens is 5. The van der Waals surface area contributed by atoms with Gasteiger partial charge in [0, 0.05) is 17.5 Å². The van der Waals surface area contributed by atoms with Gasteiger partial charge in [0.25, 0.3) is 5.91 Å². The highest BCUT2D eigenvalue weighted by atomic mass is 16.1. The fourth-order valence-corrected chi connectivity index (χ4v) is 1.98. The van der Waals surface area contributed by atoms with Crippen molar-refractivity contribution >= 4 is 16.9 Å². The van der Waals surface area contributed by atoms with Crippen molar-refractivity contribution in [2.45, 2.75) is 19.9 Å². The zero-order valence-corrected chi connectivity index (χ0v) is 11.1. The molecule has 0 radical (unpaired) electrons. The topological polar surface area (TPSA) is 99.3 Å². The van der Waals surface area contributed by atoms with Crippen LogP contribution in [0, 0.1) is 6.92 Å². The minimum Gasteiger partial charge on any atom is -0.344 e. The van der Waals surface area contributed by atoms with Crippen molar-refractivity contribution in [3.63, 3.8) is 0 Å². The maximum absolute atomic E-state index is 12.2. The number of carbonyl (C=O) groups excluding carboxylic acids is 1. The molecule has 0 aliphatic heterocycles. The molecule has 3 N–H and O–H groups in total. The molecule has 1 amide bonds. The summed E-state index contributed by atoms with van der Waals surface area (Å²) in [5.41, 5.74) is 2.90. The van der Waals surface area contributed by atoms with E-state index in [-0.39, 0.29) is 11.9 Å². The van der Waals surface area contributed by atoms with Crippen LogP contribution < -0.4 is 5.32 Å². The predicted molar refractivity (Wildman–Crippen MR) is 73.1 cm³/mol. The lowest BCUT2D eigenvalue weighted by molar-refractivity contribution is 0.0938. The molecule has 3 rings (SSSR count). The van der Waals surface area contributed by atoms with Crippen molar-refractivity contribution in [3.8, 4) is 0 Å². The van der Waals surface area contributed by atoms with Crippen LogP contribution in [0.3, 0.4) is 0 Å². The first kappa shape index (κ1) is 12.3. The molecule has 0 aliphatic rings. The normalized spacial score (nSPS) is 12.5. The van der Waals surface area contributed by atoms with Crippen LogP contribution in [0.25, 0.3) is 11.0 Å². The fourth-order valence-electron chi connectivity index (χ4n) is 1.98. The van der Waals surface area contributed by atoms with Gasteiger partial charge in [0.05, 0.1) is 6.04 Å². The number of aryl methyl sites for hydroxylation is 1. The van der Waals surface area contributed by atoms with Crippen molar-refractivity contribution in [2.24, 2.45) is 0 Å². The molecule has 0 fully saturated rings. The first-order valence-corrected chi connectivity index (χ1v) is 6.26. The summed E-state index contributed by atoms with van der Waals surface area (Å²) < 4.78 is 0. The van der Waals surface area contributed by atoms with E-state index in [4.69, 9.17) is 0 Å². The monoisotopic (exact) mass is 270 g/mol. The molecule has 2 heterocycles. The van der Waals surface area contributed by atoms with Crippen molar-refractivity contribution in [1.29, 1.82) is 0 Å². The van der Waals surface area contributed by atoms with Gasteiger partial charge in [-0.05, 0) is 32.0 Å². The highest BCUT2D eigenvalue weighted by Crippen LogP contribution is 2.13. The summed E-state index contributed by atoms with van der Waals surface area (Å²) in [6, 6.07) is 4.99. The molecule has 0 spiro atoms. The van der Waals surface area contributed by atoms with Crippen molar-refractivity contribution < 1.29 is 4.79 Å². The van der Waals surface area contributed by atoms with E-state index in [1.807, 2.05) is 13.8 Å². The molecule has 0 saturated carbocycles.